The van der Waals surface area contributed by atoms with Gasteiger partial charge in [-0.2, -0.15) is 0 Å². The monoisotopic (exact) mass is 389 g/mol. The second kappa shape index (κ2) is 8.31. The number of carboxylic acid groups (broad SMARTS) is 1. The van der Waals surface area contributed by atoms with E-state index in [-0.39, 0.29) is 5.70 Å². The Kier molecular flexibility index (Phi) is 6.14. The first-order valence-corrected chi connectivity index (χ1v) is 7.94. The molecule has 1 amide bonds. The largest absolute Gasteiger partial charge is 0.489 e. The molecule has 24 heavy (non-hydrogen) atoms. The average Bonchev–Trinajstić information content (AvgIpc) is 2.54. The van der Waals surface area contributed by atoms with Gasteiger partial charge in [0, 0.05) is 17.0 Å². The van der Waals surface area contributed by atoms with Gasteiger partial charge in [-0.05, 0) is 29.8 Å². The molecule has 0 heterocycles. The number of carbonyl (C=O) groups is 2. The van der Waals surface area contributed by atoms with E-state index in [0.29, 0.717) is 17.9 Å². The number of nitrogens with one attached hydrogen (secondary N) is 1. The van der Waals surface area contributed by atoms with Gasteiger partial charge in [0.25, 0.3) is 0 Å². The number of halogens is 1. The minimum absolute atomic E-state index is 0.176. The van der Waals surface area contributed by atoms with Crippen LogP contribution in [0, 0.1) is 0 Å². The van der Waals surface area contributed by atoms with Crippen molar-refractivity contribution in [2.24, 2.45) is 0 Å². The van der Waals surface area contributed by atoms with Crippen molar-refractivity contribution < 1.29 is 19.4 Å². The Bertz CT molecular complexity index is 769. The summed E-state index contributed by atoms with van der Waals surface area (Å²) in [6.45, 7) is 1.68. The highest BCUT2D eigenvalue weighted by molar-refractivity contribution is 9.10. The molecule has 0 saturated carbocycles. The molecule has 2 rings (SSSR count). The maximum Gasteiger partial charge on any atom is 0.352 e. The molecule has 0 aliphatic heterocycles. The number of rotatable bonds is 6. The first-order valence-electron chi connectivity index (χ1n) is 7.14. The summed E-state index contributed by atoms with van der Waals surface area (Å²) in [4.78, 5) is 22.1. The van der Waals surface area contributed by atoms with Crippen molar-refractivity contribution in [3.8, 4) is 5.75 Å². The number of hydrogen-bond donors (Lipinski definition) is 2. The zero-order chi connectivity index (χ0) is 17.5. The molecule has 0 aliphatic rings. The fraction of sp³-hybridized carbons (Fsp3) is 0.111. The molecule has 6 heteroatoms. The maximum absolute atomic E-state index is 11.1. The number of carboxylic acids is 1. The number of ether oxygens (including phenoxy) is 1. The standard InChI is InChI=1S/C18H16BrNO4/c1-12(21)20-17(18(22)23)10-13-6-8-15(9-7-13)24-11-14-4-2-3-5-16(14)19/h2-10H,11H2,1H3,(H,20,21)(H,22,23)/b17-10+. The quantitative estimate of drug-likeness (QED) is 0.740. The lowest BCUT2D eigenvalue weighted by Gasteiger charge is -2.08. The average molecular weight is 390 g/mol. The summed E-state index contributed by atoms with van der Waals surface area (Å²) < 4.78 is 6.69. The maximum atomic E-state index is 11.1. The predicted octanol–water partition coefficient (Wildman–Crippen LogP) is 3.59. The minimum atomic E-state index is -1.19. The molecular formula is C18H16BrNO4. The fourth-order valence-electron chi connectivity index (χ4n) is 1.94. The van der Waals surface area contributed by atoms with Gasteiger partial charge >= 0.3 is 5.97 Å². The van der Waals surface area contributed by atoms with E-state index in [4.69, 9.17) is 9.84 Å². The summed E-state index contributed by atoms with van der Waals surface area (Å²) in [5, 5.41) is 11.3. The summed E-state index contributed by atoms with van der Waals surface area (Å²) in [6, 6.07) is 14.7. The highest BCUT2D eigenvalue weighted by atomic mass is 79.9. The van der Waals surface area contributed by atoms with Crippen LogP contribution in [0.3, 0.4) is 0 Å². The molecule has 0 aromatic heterocycles. The SMILES string of the molecule is CC(=O)N/C(=C/c1ccc(OCc2ccccc2Br)cc1)C(=O)O. The molecule has 0 fully saturated rings. The Hall–Kier alpha value is -2.60. The summed E-state index contributed by atoms with van der Waals surface area (Å²) in [5.41, 5.74) is 1.50. The molecule has 2 aromatic carbocycles. The minimum Gasteiger partial charge on any atom is -0.489 e. The third kappa shape index (κ3) is 5.24. The van der Waals surface area contributed by atoms with Gasteiger partial charge in [-0.1, -0.05) is 46.3 Å². The summed E-state index contributed by atoms with van der Waals surface area (Å²) in [7, 11) is 0. The Labute approximate surface area is 148 Å². The molecule has 0 radical (unpaired) electrons. The highest BCUT2D eigenvalue weighted by Gasteiger charge is 2.08. The van der Waals surface area contributed by atoms with Gasteiger partial charge in [-0.15, -0.1) is 0 Å². The number of carbonyl (C=O) groups excluding carboxylic acids is 1. The van der Waals surface area contributed by atoms with Gasteiger partial charge in [-0.3, -0.25) is 4.79 Å². The van der Waals surface area contributed by atoms with E-state index in [0.717, 1.165) is 10.0 Å². The van der Waals surface area contributed by atoms with Crippen molar-refractivity contribution in [3.05, 3.63) is 69.8 Å². The molecule has 0 unspecified atom stereocenters. The molecule has 0 atom stereocenters. The van der Waals surface area contributed by atoms with Crippen molar-refractivity contribution in [3.63, 3.8) is 0 Å². The van der Waals surface area contributed by atoms with E-state index in [9.17, 15) is 9.59 Å². The second-order valence-corrected chi connectivity index (χ2v) is 5.85. The topological polar surface area (TPSA) is 75.6 Å². The number of hydrogen-bond acceptors (Lipinski definition) is 3. The van der Waals surface area contributed by atoms with Crippen molar-refractivity contribution in [1.29, 1.82) is 0 Å². The van der Waals surface area contributed by atoms with E-state index in [1.54, 1.807) is 24.3 Å². The highest BCUT2D eigenvalue weighted by Crippen LogP contribution is 2.20. The van der Waals surface area contributed by atoms with Gasteiger partial charge in [0.15, 0.2) is 0 Å². The van der Waals surface area contributed by atoms with Crippen molar-refractivity contribution in [2.45, 2.75) is 13.5 Å². The van der Waals surface area contributed by atoms with E-state index in [2.05, 4.69) is 21.2 Å². The lowest BCUT2D eigenvalue weighted by molar-refractivity contribution is -0.134. The van der Waals surface area contributed by atoms with Crippen LogP contribution in [0.15, 0.2) is 58.7 Å². The van der Waals surface area contributed by atoms with Crippen LogP contribution in [-0.4, -0.2) is 17.0 Å². The van der Waals surface area contributed by atoms with Crippen LogP contribution in [0.1, 0.15) is 18.1 Å². The number of benzene rings is 2. The number of aliphatic carboxylic acids is 1. The third-order valence-electron chi connectivity index (χ3n) is 3.08. The van der Waals surface area contributed by atoms with Crippen LogP contribution in [0.25, 0.3) is 6.08 Å². The van der Waals surface area contributed by atoms with Crippen LogP contribution >= 0.6 is 15.9 Å². The molecule has 2 N–H and O–H groups in total. The lowest BCUT2D eigenvalue weighted by atomic mass is 10.2. The molecule has 2 aromatic rings. The van der Waals surface area contributed by atoms with Gasteiger partial charge in [0.1, 0.15) is 18.1 Å². The Balaban J connectivity index is 2.06. The normalized spacial score (nSPS) is 11.0. The van der Waals surface area contributed by atoms with Gasteiger partial charge in [0.05, 0.1) is 0 Å². The van der Waals surface area contributed by atoms with Gasteiger partial charge in [0.2, 0.25) is 5.91 Å². The van der Waals surface area contributed by atoms with Crippen LogP contribution in [0.4, 0.5) is 0 Å². The number of amides is 1. The fourth-order valence-corrected chi connectivity index (χ4v) is 2.34. The predicted molar refractivity (Wildman–Crippen MR) is 94.3 cm³/mol. The first-order chi connectivity index (χ1) is 11.5. The Morgan fingerprint density at radius 1 is 1.17 bits per heavy atom. The molecule has 0 bridgehead atoms. The van der Waals surface area contributed by atoms with E-state index in [1.807, 2.05) is 24.3 Å². The zero-order valence-electron chi connectivity index (χ0n) is 13.0. The van der Waals surface area contributed by atoms with E-state index >= 15 is 0 Å². The third-order valence-corrected chi connectivity index (χ3v) is 3.86. The van der Waals surface area contributed by atoms with E-state index < -0.39 is 11.9 Å². The van der Waals surface area contributed by atoms with Crippen molar-refractivity contribution in [2.75, 3.05) is 0 Å². The lowest BCUT2D eigenvalue weighted by Crippen LogP contribution is -2.24. The van der Waals surface area contributed by atoms with Gasteiger partial charge < -0.3 is 15.2 Å². The molecule has 5 nitrogen and oxygen atoms in total. The summed E-state index contributed by atoms with van der Waals surface area (Å²) in [6.07, 6.45) is 1.39. The smallest absolute Gasteiger partial charge is 0.352 e. The molecule has 0 spiro atoms. The Morgan fingerprint density at radius 2 is 1.83 bits per heavy atom. The van der Waals surface area contributed by atoms with E-state index in [1.165, 1.54) is 13.0 Å². The zero-order valence-corrected chi connectivity index (χ0v) is 14.5. The van der Waals surface area contributed by atoms with Crippen molar-refractivity contribution >= 4 is 33.9 Å². The molecular weight excluding hydrogens is 374 g/mol. The van der Waals surface area contributed by atoms with Crippen LogP contribution < -0.4 is 10.1 Å². The second-order valence-electron chi connectivity index (χ2n) is 4.99. The van der Waals surface area contributed by atoms with Gasteiger partial charge in [-0.25, -0.2) is 4.79 Å². The molecule has 0 saturated heterocycles. The first kappa shape index (κ1) is 17.7. The summed E-state index contributed by atoms with van der Waals surface area (Å²) in [5.74, 6) is -0.962. The van der Waals surface area contributed by atoms with Crippen LogP contribution in [-0.2, 0) is 16.2 Å². The molecule has 124 valence electrons. The summed E-state index contributed by atoms with van der Waals surface area (Å²) >= 11 is 3.46. The van der Waals surface area contributed by atoms with Crippen LogP contribution in [0.5, 0.6) is 5.75 Å². The molecule has 0 aliphatic carbocycles. The van der Waals surface area contributed by atoms with Crippen molar-refractivity contribution in [1.82, 2.24) is 5.32 Å². The Morgan fingerprint density at radius 3 is 2.42 bits per heavy atom. The van der Waals surface area contributed by atoms with Crippen LogP contribution in [0.2, 0.25) is 0 Å².